The summed E-state index contributed by atoms with van der Waals surface area (Å²) in [4.78, 5) is 33.2. The predicted molar refractivity (Wildman–Crippen MR) is 80.5 cm³/mol. The molecule has 0 aliphatic heterocycles. The van der Waals surface area contributed by atoms with E-state index in [-0.39, 0.29) is 17.2 Å². The summed E-state index contributed by atoms with van der Waals surface area (Å²) in [6, 6.07) is 5.93. The molecular formula is C13H12N4O4S. The number of hydrogen-bond acceptors (Lipinski definition) is 7. The van der Waals surface area contributed by atoms with Crippen molar-refractivity contribution >= 4 is 33.8 Å². The highest BCUT2D eigenvalue weighted by Crippen LogP contribution is 2.28. The lowest BCUT2D eigenvalue weighted by Crippen LogP contribution is -2.22. The zero-order valence-corrected chi connectivity index (χ0v) is 12.4. The average Bonchev–Trinajstić information content (AvgIpc) is 2.96. The molecule has 0 unspecified atom stereocenters. The molecule has 0 spiro atoms. The summed E-state index contributed by atoms with van der Waals surface area (Å²) >= 11 is 1.04. The van der Waals surface area contributed by atoms with E-state index in [1.807, 2.05) is 0 Å². The Balaban J connectivity index is 2.15. The van der Waals surface area contributed by atoms with Crippen LogP contribution in [0.1, 0.15) is 19.8 Å². The number of nitrogens with one attached hydrogen (secondary N) is 1. The van der Waals surface area contributed by atoms with Crippen LogP contribution in [-0.2, 0) is 9.59 Å². The first-order valence-electron chi connectivity index (χ1n) is 6.43. The Labute approximate surface area is 129 Å². The van der Waals surface area contributed by atoms with Crippen LogP contribution >= 0.6 is 11.3 Å². The number of carbonyl (C=O) groups is 2. The second-order valence-electron chi connectivity index (χ2n) is 4.35. The van der Waals surface area contributed by atoms with Crippen molar-refractivity contribution in [3.63, 3.8) is 0 Å². The van der Waals surface area contributed by atoms with Crippen LogP contribution in [0.15, 0.2) is 24.3 Å². The van der Waals surface area contributed by atoms with Gasteiger partial charge in [0.25, 0.3) is 11.6 Å². The quantitative estimate of drug-likeness (QED) is 0.496. The summed E-state index contributed by atoms with van der Waals surface area (Å²) in [6.07, 6.45) is 0.754. The Morgan fingerprint density at radius 1 is 1.36 bits per heavy atom. The van der Waals surface area contributed by atoms with Gasteiger partial charge in [-0.15, -0.1) is 10.2 Å². The van der Waals surface area contributed by atoms with E-state index in [1.54, 1.807) is 13.0 Å². The van der Waals surface area contributed by atoms with Gasteiger partial charge in [0, 0.05) is 24.1 Å². The van der Waals surface area contributed by atoms with Gasteiger partial charge >= 0.3 is 0 Å². The molecule has 0 aliphatic rings. The molecule has 1 heterocycles. The fourth-order valence-corrected chi connectivity index (χ4v) is 2.39. The Bertz CT molecular complexity index is 728. The number of anilines is 1. The van der Waals surface area contributed by atoms with Gasteiger partial charge in [-0.25, -0.2) is 0 Å². The highest BCUT2D eigenvalue weighted by Gasteiger charge is 2.16. The molecule has 2 rings (SSSR count). The largest absolute Gasteiger partial charge is 0.294 e. The molecular weight excluding hydrogens is 308 g/mol. The third-order valence-electron chi connectivity index (χ3n) is 2.68. The topological polar surface area (TPSA) is 115 Å². The number of amides is 1. The lowest BCUT2D eigenvalue weighted by atomic mass is 10.2. The molecule has 0 saturated heterocycles. The van der Waals surface area contributed by atoms with Gasteiger partial charge in [-0.1, -0.05) is 30.4 Å². The number of aromatic nitrogens is 2. The van der Waals surface area contributed by atoms with Gasteiger partial charge in [0.1, 0.15) is 5.01 Å². The van der Waals surface area contributed by atoms with Crippen LogP contribution in [0.3, 0.4) is 0 Å². The molecule has 9 heteroatoms. The highest BCUT2D eigenvalue weighted by molar-refractivity contribution is 7.18. The molecule has 0 saturated carbocycles. The first kappa shape index (κ1) is 15.7. The minimum Gasteiger partial charge on any atom is -0.294 e. The summed E-state index contributed by atoms with van der Waals surface area (Å²) in [6.45, 7) is 1.80. The van der Waals surface area contributed by atoms with E-state index < -0.39 is 16.6 Å². The van der Waals surface area contributed by atoms with E-state index in [1.165, 1.54) is 18.2 Å². The van der Waals surface area contributed by atoms with Crippen molar-refractivity contribution in [2.45, 2.75) is 19.8 Å². The van der Waals surface area contributed by atoms with Crippen LogP contribution < -0.4 is 5.32 Å². The minimum absolute atomic E-state index is 0.0589. The van der Waals surface area contributed by atoms with Gasteiger partial charge in [-0.3, -0.25) is 25.0 Å². The predicted octanol–water partition coefficient (Wildman–Crippen LogP) is 2.42. The molecule has 0 fully saturated rings. The van der Waals surface area contributed by atoms with E-state index in [4.69, 9.17) is 0 Å². The number of carbonyl (C=O) groups excluding carboxylic acids is 2. The first-order valence-corrected chi connectivity index (χ1v) is 7.25. The monoisotopic (exact) mass is 320 g/mol. The molecule has 0 aliphatic carbocycles. The smallest absolute Gasteiger partial charge is 0.293 e. The van der Waals surface area contributed by atoms with Crippen LogP contribution in [-0.4, -0.2) is 26.8 Å². The van der Waals surface area contributed by atoms with Gasteiger partial charge in [-0.05, 0) is 6.42 Å². The molecule has 0 atom stereocenters. The molecule has 1 aromatic carbocycles. The Hall–Kier alpha value is -2.68. The number of rotatable bonds is 6. The first-order chi connectivity index (χ1) is 10.5. The van der Waals surface area contributed by atoms with E-state index >= 15 is 0 Å². The number of non-ortho nitro benzene ring substituents is 1. The number of hydrogen-bond donors (Lipinski definition) is 1. The maximum Gasteiger partial charge on any atom is 0.293 e. The van der Waals surface area contributed by atoms with Gasteiger partial charge in [0.15, 0.2) is 0 Å². The van der Waals surface area contributed by atoms with E-state index in [9.17, 15) is 19.7 Å². The minimum atomic E-state index is -0.733. The number of Topliss-reactive ketones (excluding diaryl/α,β-unsaturated/α-hetero) is 1. The molecule has 8 nitrogen and oxygen atoms in total. The number of nitro groups is 1. The summed E-state index contributed by atoms with van der Waals surface area (Å²) < 4.78 is 0. The summed E-state index contributed by atoms with van der Waals surface area (Å²) in [5.74, 6) is -1.25. The van der Waals surface area contributed by atoms with Crippen molar-refractivity contribution < 1.29 is 14.5 Å². The SMILES string of the molecule is CCCC(=O)C(=O)Nc1nnc(-c2cccc([N+](=O)[O-])c2)s1. The summed E-state index contributed by atoms with van der Waals surface area (Å²) in [7, 11) is 0. The van der Waals surface area contributed by atoms with Crippen molar-refractivity contribution in [3.05, 3.63) is 34.4 Å². The van der Waals surface area contributed by atoms with Gasteiger partial charge in [-0.2, -0.15) is 0 Å². The van der Waals surface area contributed by atoms with Gasteiger partial charge in [0.05, 0.1) is 4.92 Å². The number of nitro benzene ring substituents is 1. The fraction of sp³-hybridized carbons (Fsp3) is 0.231. The summed E-state index contributed by atoms with van der Waals surface area (Å²) in [5.41, 5.74) is 0.462. The second kappa shape index (κ2) is 6.85. The molecule has 1 amide bonds. The molecule has 0 radical (unpaired) electrons. The van der Waals surface area contributed by atoms with E-state index in [0.717, 1.165) is 11.3 Å². The van der Waals surface area contributed by atoms with E-state index in [2.05, 4.69) is 15.5 Å². The van der Waals surface area contributed by atoms with Crippen molar-refractivity contribution in [1.29, 1.82) is 0 Å². The third-order valence-corrected chi connectivity index (χ3v) is 3.57. The third kappa shape index (κ3) is 3.70. The van der Waals surface area contributed by atoms with E-state index in [0.29, 0.717) is 17.0 Å². The van der Waals surface area contributed by atoms with Crippen LogP contribution in [0.4, 0.5) is 10.8 Å². The maximum atomic E-state index is 11.6. The van der Waals surface area contributed by atoms with Crippen LogP contribution in [0.25, 0.3) is 10.6 Å². The maximum absolute atomic E-state index is 11.6. The average molecular weight is 320 g/mol. The molecule has 0 bridgehead atoms. The molecule has 1 N–H and O–H groups in total. The fourth-order valence-electron chi connectivity index (χ4n) is 1.65. The molecule has 2 aromatic rings. The van der Waals surface area contributed by atoms with Crippen LogP contribution in [0.5, 0.6) is 0 Å². The normalized spacial score (nSPS) is 10.2. The van der Waals surface area contributed by atoms with Crippen molar-refractivity contribution in [1.82, 2.24) is 10.2 Å². The van der Waals surface area contributed by atoms with Crippen molar-refractivity contribution in [2.24, 2.45) is 0 Å². The Morgan fingerprint density at radius 2 is 2.14 bits per heavy atom. The van der Waals surface area contributed by atoms with Gasteiger partial charge in [0.2, 0.25) is 10.9 Å². The molecule has 1 aromatic heterocycles. The van der Waals surface area contributed by atoms with Crippen LogP contribution in [0, 0.1) is 10.1 Å². The Kier molecular flexibility index (Phi) is 4.89. The molecule has 114 valence electrons. The molecule has 22 heavy (non-hydrogen) atoms. The second-order valence-corrected chi connectivity index (χ2v) is 5.32. The zero-order valence-electron chi connectivity index (χ0n) is 11.6. The number of benzene rings is 1. The summed E-state index contributed by atoms with van der Waals surface area (Å²) in [5, 5.41) is 21.4. The van der Waals surface area contributed by atoms with Crippen molar-refractivity contribution in [2.75, 3.05) is 5.32 Å². The lowest BCUT2D eigenvalue weighted by Gasteiger charge is -1.98. The standard InChI is InChI=1S/C13H12N4O4S/c1-2-4-10(18)11(19)14-13-16-15-12(22-13)8-5-3-6-9(7-8)17(20)21/h3,5-7H,2,4H2,1H3,(H,14,16,19). The highest BCUT2D eigenvalue weighted by atomic mass is 32.1. The Morgan fingerprint density at radius 3 is 2.82 bits per heavy atom. The number of nitrogens with zero attached hydrogens (tertiary/aromatic N) is 3. The van der Waals surface area contributed by atoms with Gasteiger partial charge < -0.3 is 0 Å². The van der Waals surface area contributed by atoms with Crippen molar-refractivity contribution in [3.8, 4) is 10.6 Å². The van der Waals surface area contributed by atoms with Crippen LogP contribution in [0.2, 0.25) is 0 Å². The zero-order chi connectivity index (χ0) is 16.1. The number of ketones is 1. The lowest BCUT2D eigenvalue weighted by molar-refractivity contribution is -0.384.